The van der Waals surface area contributed by atoms with Crippen molar-refractivity contribution in [1.29, 1.82) is 0 Å². The summed E-state index contributed by atoms with van der Waals surface area (Å²) in [6.07, 6.45) is 2.32. The van der Waals surface area contributed by atoms with Gasteiger partial charge in [-0.25, -0.2) is 0 Å². The number of methoxy groups -OCH3 is 1. The number of benzene rings is 2. The van der Waals surface area contributed by atoms with Crippen LogP contribution in [0.1, 0.15) is 24.0 Å². The maximum atomic E-state index is 12.8. The van der Waals surface area contributed by atoms with Gasteiger partial charge in [-0.1, -0.05) is 30.3 Å². The second-order valence-corrected chi connectivity index (χ2v) is 8.13. The van der Waals surface area contributed by atoms with Crippen LogP contribution < -0.4 is 15.6 Å². The van der Waals surface area contributed by atoms with Crippen LogP contribution in [0.4, 0.5) is 0 Å². The van der Waals surface area contributed by atoms with E-state index in [0.29, 0.717) is 36.1 Å². The van der Waals surface area contributed by atoms with Gasteiger partial charge in [-0.3, -0.25) is 4.79 Å². The Labute approximate surface area is 187 Å². The van der Waals surface area contributed by atoms with E-state index in [1.54, 1.807) is 7.11 Å². The van der Waals surface area contributed by atoms with Crippen LogP contribution in [0.25, 0.3) is 10.9 Å². The predicted molar refractivity (Wildman–Crippen MR) is 126 cm³/mol. The van der Waals surface area contributed by atoms with E-state index < -0.39 is 0 Å². The summed E-state index contributed by atoms with van der Waals surface area (Å²) >= 11 is 5.71. The molecule has 2 heterocycles. The highest BCUT2D eigenvalue weighted by Crippen LogP contribution is 2.19. The predicted octanol–water partition coefficient (Wildman–Crippen LogP) is 3.59. The van der Waals surface area contributed by atoms with Gasteiger partial charge < -0.3 is 24.7 Å². The average molecular weight is 438 g/mol. The van der Waals surface area contributed by atoms with Crippen LogP contribution in [0.3, 0.4) is 0 Å². The van der Waals surface area contributed by atoms with Crippen molar-refractivity contribution in [3.8, 4) is 5.75 Å². The molecule has 2 aromatic carbocycles. The molecule has 1 atom stereocenters. The van der Waals surface area contributed by atoms with Gasteiger partial charge in [0.2, 0.25) is 0 Å². The fraction of sp³-hybridized carbons (Fsp3) is 0.333. The quantitative estimate of drug-likeness (QED) is 0.551. The number of fused-ring (bicyclic) bond motifs is 1. The van der Waals surface area contributed by atoms with Crippen LogP contribution in [0, 0.1) is 0 Å². The SMILES string of the molecule is COc1ccc2cc(CN(Cc3ccccc3)C(=S)NC[C@@H]3CCCO3)c(=O)[nH]c2c1. The first-order valence-corrected chi connectivity index (χ1v) is 10.9. The fourth-order valence-corrected chi connectivity index (χ4v) is 4.01. The number of pyridine rings is 1. The highest BCUT2D eigenvalue weighted by atomic mass is 32.1. The van der Waals surface area contributed by atoms with E-state index in [9.17, 15) is 4.79 Å². The molecule has 4 rings (SSSR count). The number of rotatable bonds is 7. The third-order valence-corrected chi connectivity index (χ3v) is 5.90. The third-order valence-electron chi connectivity index (χ3n) is 5.50. The Bertz CT molecular complexity index is 1090. The molecule has 1 aliphatic heterocycles. The molecule has 1 aliphatic rings. The highest BCUT2D eigenvalue weighted by molar-refractivity contribution is 7.80. The van der Waals surface area contributed by atoms with Crippen LogP contribution in [0.5, 0.6) is 5.75 Å². The number of nitrogens with one attached hydrogen (secondary N) is 2. The van der Waals surface area contributed by atoms with Gasteiger partial charge in [0.05, 0.1) is 25.3 Å². The van der Waals surface area contributed by atoms with Crippen molar-refractivity contribution < 1.29 is 9.47 Å². The second-order valence-electron chi connectivity index (χ2n) is 7.74. The number of nitrogens with zero attached hydrogens (tertiary/aromatic N) is 1. The van der Waals surface area contributed by atoms with Crippen molar-refractivity contribution >= 4 is 28.2 Å². The summed E-state index contributed by atoms with van der Waals surface area (Å²) in [5, 5.41) is 4.91. The van der Waals surface area contributed by atoms with E-state index in [2.05, 4.69) is 22.4 Å². The normalized spacial score (nSPS) is 15.7. The summed E-state index contributed by atoms with van der Waals surface area (Å²) < 4.78 is 11.0. The summed E-state index contributed by atoms with van der Waals surface area (Å²) in [5.74, 6) is 0.709. The Morgan fingerprint density at radius 1 is 1.23 bits per heavy atom. The molecule has 0 radical (unpaired) electrons. The number of aromatic amines is 1. The van der Waals surface area contributed by atoms with Gasteiger partial charge in [0.25, 0.3) is 5.56 Å². The van der Waals surface area contributed by atoms with Crippen molar-refractivity contribution in [3.63, 3.8) is 0 Å². The zero-order valence-electron chi connectivity index (χ0n) is 17.6. The number of H-pyrrole nitrogens is 1. The number of aromatic nitrogens is 1. The summed E-state index contributed by atoms with van der Waals surface area (Å²) in [7, 11) is 1.61. The molecule has 0 bridgehead atoms. The van der Waals surface area contributed by atoms with E-state index >= 15 is 0 Å². The molecule has 0 saturated carbocycles. The Morgan fingerprint density at radius 3 is 2.81 bits per heavy atom. The van der Waals surface area contributed by atoms with E-state index in [0.717, 1.165) is 35.9 Å². The lowest BCUT2D eigenvalue weighted by molar-refractivity contribution is 0.113. The fourth-order valence-electron chi connectivity index (χ4n) is 3.80. The molecule has 0 unspecified atom stereocenters. The van der Waals surface area contributed by atoms with Crippen molar-refractivity contribution in [2.45, 2.75) is 32.0 Å². The minimum absolute atomic E-state index is 0.124. The molecule has 0 spiro atoms. The van der Waals surface area contributed by atoms with E-state index in [-0.39, 0.29) is 11.7 Å². The average Bonchev–Trinajstić information content (AvgIpc) is 3.31. The first-order valence-electron chi connectivity index (χ1n) is 10.5. The molecular weight excluding hydrogens is 410 g/mol. The largest absolute Gasteiger partial charge is 0.497 e. The summed E-state index contributed by atoms with van der Waals surface area (Å²) in [4.78, 5) is 17.8. The molecule has 0 amide bonds. The molecule has 31 heavy (non-hydrogen) atoms. The summed E-state index contributed by atoms with van der Waals surface area (Å²) in [6, 6.07) is 17.7. The van der Waals surface area contributed by atoms with Gasteiger partial charge in [0.15, 0.2) is 5.11 Å². The minimum atomic E-state index is -0.124. The zero-order valence-corrected chi connectivity index (χ0v) is 18.4. The molecule has 162 valence electrons. The van der Waals surface area contributed by atoms with Crippen LogP contribution in [-0.4, -0.2) is 41.4 Å². The molecular formula is C24H27N3O3S. The number of hydrogen-bond acceptors (Lipinski definition) is 4. The molecule has 1 aromatic heterocycles. The van der Waals surface area contributed by atoms with Crippen LogP contribution in [0.15, 0.2) is 59.4 Å². The first-order chi connectivity index (χ1) is 15.1. The first kappa shape index (κ1) is 21.3. The maximum absolute atomic E-state index is 12.8. The number of hydrogen-bond donors (Lipinski definition) is 2. The molecule has 2 N–H and O–H groups in total. The van der Waals surface area contributed by atoms with Gasteiger partial charge >= 0.3 is 0 Å². The van der Waals surface area contributed by atoms with Crippen LogP contribution >= 0.6 is 12.2 Å². The third kappa shape index (κ3) is 5.42. The molecule has 6 nitrogen and oxygen atoms in total. The van der Waals surface area contributed by atoms with Gasteiger partial charge in [0.1, 0.15) is 5.75 Å². The Kier molecular flexibility index (Phi) is 6.84. The summed E-state index contributed by atoms with van der Waals surface area (Å²) in [5.41, 5.74) is 2.42. The minimum Gasteiger partial charge on any atom is -0.497 e. The van der Waals surface area contributed by atoms with Gasteiger partial charge in [-0.05, 0) is 54.2 Å². The molecule has 3 aromatic rings. The van der Waals surface area contributed by atoms with Gasteiger partial charge in [0, 0.05) is 31.3 Å². The Balaban J connectivity index is 1.56. The topological polar surface area (TPSA) is 66.6 Å². The maximum Gasteiger partial charge on any atom is 0.253 e. The standard InChI is InChI=1S/C24H27N3O3S/c1-29-20-10-9-18-12-19(23(28)26-22(18)13-20)16-27(15-17-6-3-2-4-7-17)24(31)25-14-21-8-5-11-30-21/h2-4,6-7,9-10,12-13,21H,5,8,11,14-16H2,1H3,(H,25,31)(H,26,28)/t21-/m0/s1. The van der Waals surface area contributed by atoms with Crippen molar-refractivity contribution in [1.82, 2.24) is 15.2 Å². The smallest absolute Gasteiger partial charge is 0.253 e. The number of thiocarbonyl (C=S) groups is 1. The monoisotopic (exact) mass is 437 g/mol. The van der Waals surface area contributed by atoms with Gasteiger partial charge in [-0.2, -0.15) is 0 Å². The van der Waals surface area contributed by atoms with E-state index in [1.807, 2.05) is 47.4 Å². The lowest BCUT2D eigenvalue weighted by Crippen LogP contribution is -2.42. The van der Waals surface area contributed by atoms with Crippen LogP contribution in [0.2, 0.25) is 0 Å². The zero-order chi connectivity index (χ0) is 21.6. The van der Waals surface area contributed by atoms with E-state index in [1.165, 1.54) is 0 Å². The lowest BCUT2D eigenvalue weighted by atomic mass is 10.1. The van der Waals surface area contributed by atoms with Crippen molar-refractivity contribution in [2.24, 2.45) is 0 Å². The second kappa shape index (κ2) is 9.94. The van der Waals surface area contributed by atoms with Crippen LogP contribution in [-0.2, 0) is 17.8 Å². The van der Waals surface area contributed by atoms with Gasteiger partial charge in [-0.15, -0.1) is 0 Å². The van der Waals surface area contributed by atoms with E-state index in [4.69, 9.17) is 21.7 Å². The molecule has 0 aliphatic carbocycles. The Hall–Kier alpha value is -2.90. The Morgan fingerprint density at radius 2 is 2.06 bits per heavy atom. The molecule has 7 heteroatoms. The molecule has 1 fully saturated rings. The molecule has 1 saturated heterocycles. The lowest BCUT2D eigenvalue weighted by Gasteiger charge is -2.27. The summed E-state index contributed by atoms with van der Waals surface area (Å²) in [6.45, 7) is 2.50. The highest BCUT2D eigenvalue weighted by Gasteiger charge is 2.18. The van der Waals surface area contributed by atoms with Crippen molar-refractivity contribution in [2.75, 3.05) is 20.3 Å². The number of ether oxygens (including phenoxy) is 2. The van der Waals surface area contributed by atoms with Crippen molar-refractivity contribution in [3.05, 3.63) is 76.1 Å².